The Kier molecular flexibility index (Phi) is 5.15. The summed E-state index contributed by atoms with van der Waals surface area (Å²) < 4.78 is 32.3. The summed E-state index contributed by atoms with van der Waals surface area (Å²) in [4.78, 5) is 24.8. The zero-order valence-electron chi connectivity index (χ0n) is 13.9. The molecule has 0 spiro atoms. The predicted molar refractivity (Wildman–Crippen MR) is 87.2 cm³/mol. The van der Waals surface area contributed by atoms with E-state index in [1.807, 2.05) is 0 Å². The van der Waals surface area contributed by atoms with Crippen molar-refractivity contribution >= 4 is 11.9 Å². The van der Waals surface area contributed by atoms with Crippen molar-refractivity contribution in [3.63, 3.8) is 0 Å². The first-order valence-electron chi connectivity index (χ1n) is 8.17. The van der Waals surface area contributed by atoms with Crippen molar-refractivity contribution in [2.75, 3.05) is 13.1 Å². The highest BCUT2D eigenvalue weighted by Crippen LogP contribution is 2.29. The van der Waals surface area contributed by atoms with Crippen LogP contribution in [0.5, 0.6) is 0 Å². The largest absolute Gasteiger partial charge is 0.364 e. The van der Waals surface area contributed by atoms with Crippen molar-refractivity contribution in [3.05, 3.63) is 52.9 Å². The fourth-order valence-electron chi connectivity index (χ4n) is 3.03. The molecule has 9 heteroatoms. The normalized spacial score (nSPS) is 17.2. The molecule has 0 aliphatic carbocycles. The van der Waals surface area contributed by atoms with Gasteiger partial charge in [-0.3, -0.25) is 4.79 Å². The maximum Gasteiger partial charge on any atom is 0.317 e. The minimum absolute atomic E-state index is 0.0196. The summed E-state index contributed by atoms with van der Waals surface area (Å²) in [5.41, 5.74) is 5.34. The van der Waals surface area contributed by atoms with Crippen LogP contribution in [-0.4, -0.2) is 35.1 Å². The fraction of sp³-hybridized carbons (Fsp3) is 0.353. The van der Waals surface area contributed by atoms with E-state index in [1.54, 1.807) is 4.90 Å². The second-order valence-electron chi connectivity index (χ2n) is 6.15. The number of carbonyl (C=O) groups excluding carboxylic acids is 2. The van der Waals surface area contributed by atoms with E-state index in [0.29, 0.717) is 19.4 Å². The van der Waals surface area contributed by atoms with Gasteiger partial charge >= 0.3 is 6.03 Å². The molecular weight excluding hydrogens is 346 g/mol. The number of hydrogen-bond donors (Lipinski definition) is 2. The van der Waals surface area contributed by atoms with Gasteiger partial charge in [-0.25, -0.2) is 13.6 Å². The highest BCUT2D eigenvalue weighted by Gasteiger charge is 2.27. The van der Waals surface area contributed by atoms with E-state index in [4.69, 9.17) is 10.3 Å². The first-order chi connectivity index (χ1) is 12.4. The molecule has 3 rings (SSSR count). The number of aromatic nitrogens is 1. The van der Waals surface area contributed by atoms with E-state index < -0.39 is 17.5 Å². The molecule has 1 aliphatic rings. The molecule has 0 radical (unpaired) electrons. The molecular formula is C17H18F2N4O3. The molecule has 0 bridgehead atoms. The number of nitrogens with zero attached hydrogens (tertiary/aromatic N) is 2. The molecule has 1 unspecified atom stereocenters. The molecule has 1 fully saturated rings. The van der Waals surface area contributed by atoms with Crippen molar-refractivity contribution in [1.29, 1.82) is 0 Å². The third-order valence-electron chi connectivity index (χ3n) is 4.33. The van der Waals surface area contributed by atoms with Crippen LogP contribution in [0.4, 0.5) is 13.6 Å². The summed E-state index contributed by atoms with van der Waals surface area (Å²) in [6, 6.07) is 4.35. The quantitative estimate of drug-likeness (QED) is 0.868. The van der Waals surface area contributed by atoms with Gasteiger partial charge in [-0.15, -0.1) is 0 Å². The number of carbonyl (C=O) groups is 2. The zero-order valence-corrected chi connectivity index (χ0v) is 13.9. The van der Waals surface area contributed by atoms with E-state index in [9.17, 15) is 18.4 Å². The van der Waals surface area contributed by atoms with Crippen LogP contribution in [0, 0.1) is 11.6 Å². The number of amides is 3. The van der Waals surface area contributed by atoms with Gasteiger partial charge in [-0.2, -0.15) is 0 Å². The van der Waals surface area contributed by atoms with E-state index in [-0.39, 0.29) is 42.1 Å². The number of hydrogen-bond acceptors (Lipinski definition) is 4. The molecule has 1 saturated heterocycles. The van der Waals surface area contributed by atoms with Crippen LogP contribution in [-0.2, 0) is 6.54 Å². The minimum atomic E-state index is -0.720. The maximum atomic E-state index is 14.0. The summed E-state index contributed by atoms with van der Waals surface area (Å²) in [5.74, 6) is -1.67. The van der Waals surface area contributed by atoms with Gasteiger partial charge in [0.2, 0.25) is 0 Å². The Morgan fingerprint density at radius 3 is 2.88 bits per heavy atom. The first-order valence-corrected chi connectivity index (χ1v) is 8.17. The Labute approximate surface area is 148 Å². The van der Waals surface area contributed by atoms with Gasteiger partial charge in [0, 0.05) is 25.1 Å². The summed E-state index contributed by atoms with van der Waals surface area (Å²) in [6.45, 7) is 0.839. The second-order valence-corrected chi connectivity index (χ2v) is 6.15. The Morgan fingerprint density at radius 1 is 1.35 bits per heavy atom. The molecule has 2 aromatic rings. The average molecular weight is 364 g/mol. The van der Waals surface area contributed by atoms with Gasteiger partial charge in [0.05, 0.1) is 6.54 Å². The highest BCUT2D eigenvalue weighted by molar-refractivity contribution is 5.90. The van der Waals surface area contributed by atoms with Gasteiger partial charge in [-0.1, -0.05) is 5.16 Å². The molecule has 3 N–H and O–H groups in total. The minimum Gasteiger partial charge on any atom is -0.364 e. The number of benzene rings is 1. The molecule has 3 amide bonds. The Bertz CT molecular complexity index is 824. The number of primary amides is 1. The Balaban J connectivity index is 1.60. The number of nitrogens with two attached hydrogens (primary N) is 1. The lowest BCUT2D eigenvalue weighted by atomic mass is 9.90. The zero-order chi connectivity index (χ0) is 18.7. The van der Waals surface area contributed by atoms with Crippen molar-refractivity contribution in [3.8, 4) is 0 Å². The first kappa shape index (κ1) is 17.8. The molecule has 1 atom stereocenters. The lowest BCUT2D eigenvalue weighted by molar-refractivity contribution is 0.0991. The third kappa shape index (κ3) is 3.98. The predicted octanol–water partition coefficient (Wildman–Crippen LogP) is 2.14. The van der Waals surface area contributed by atoms with Crippen molar-refractivity contribution < 1.29 is 22.9 Å². The van der Waals surface area contributed by atoms with Crippen LogP contribution in [0.2, 0.25) is 0 Å². The molecule has 0 saturated carbocycles. The van der Waals surface area contributed by atoms with Crippen LogP contribution in [0.25, 0.3) is 0 Å². The lowest BCUT2D eigenvalue weighted by Crippen LogP contribution is -2.44. The highest BCUT2D eigenvalue weighted by atomic mass is 19.1. The van der Waals surface area contributed by atoms with Gasteiger partial charge in [-0.05, 0) is 36.6 Å². The summed E-state index contributed by atoms with van der Waals surface area (Å²) in [5, 5.41) is 6.14. The van der Waals surface area contributed by atoms with Crippen molar-refractivity contribution in [2.24, 2.45) is 5.73 Å². The van der Waals surface area contributed by atoms with Gasteiger partial charge in [0.1, 0.15) is 11.6 Å². The number of rotatable bonds is 4. The smallest absolute Gasteiger partial charge is 0.317 e. The van der Waals surface area contributed by atoms with Gasteiger partial charge in [0.15, 0.2) is 11.5 Å². The molecule has 7 nitrogen and oxygen atoms in total. The van der Waals surface area contributed by atoms with Crippen LogP contribution < -0.4 is 11.1 Å². The number of likely N-dealkylation sites (tertiary alicyclic amines) is 1. The Hall–Kier alpha value is -2.97. The molecule has 2 heterocycles. The van der Waals surface area contributed by atoms with Crippen molar-refractivity contribution in [2.45, 2.75) is 25.3 Å². The van der Waals surface area contributed by atoms with Crippen LogP contribution in [0.1, 0.15) is 40.6 Å². The van der Waals surface area contributed by atoms with Crippen LogP contribution in [0.3, 0.4) is 0 Å². The SMILES string of the molecule is NC(=O)c1cc(CNC(=O)N2CCCC(c3cc(F)ccc3F)C2)on1. The summed E-state index contributed by atoms with van der Waals surface area (Å²) in [7, 11) is 0. The number of piperidine rings is 1. The molecule has 26 heavy (non-hydrogen) atoms. The standard InChI is InChI=1S/C17H18F2N4O3/c18-11-3-4-14(19)13(6-11)10-2-1-5-23(9-10)17(25)21-8-12-7-15(16(20)24)22-26-12/h3-4,6-7,10H,1-2,5,8-9H2,(H2,20,24)(H,21,25). The monoisotopic (exact) mass is 364 g/mol. The summed E-state index contributed by atoms with van der Waals surface area (Å²) in [6.07, 6.45) is 1.36. The summed E-state index contributed by atoms with van der Waals surface area (Å²) >= 11 is 0. The van der Waals surface area contributed by atoms with Crippen molar-refractivity contribution in [1.82, 2.24) is 15.4 Å². The third-order valence-corrected chi connectivity index (χ3v) is 4.33. The molecule has 1 aromatic heterocycles. The molecule has 138 valence electrons. The van der Waals surface area contributed by atoms with Crippen LogP contribution in [0.15, 0.2) is 28.8 Å². The maximum absolute atomic E-state index is 14.0. The lowest BCUT2D eigenvalue weighted by Gasteiger charge is -2.33. The fourth-order valence-corrected chi connectivity index (χ4v) is 3.03. The van der Waals surface area contributed by atoms with Gasteiger partial charge < -0.3 is 20.5 Å². The average Bonchev–Trinajstić information content (AvgIpc) is 3.11. The molecule has 1 aromatic carbocycles. The molecule has 1 aliphatic heterocycles. The topological polar surface area (TPSA) is 101 Å². The van der Waals surface area contributed by atoms with E-state index in [1.165, 1.54) is 12.1 Å². The Morgan fingerprint density at radius 2 is 2.15 bits per heavy atom. The van der Waals surface area contributed by atoms with E-state index >= 15 is 0 Å². The van der Waals surface area contributed by atoms with E-state index in [0.717, 1.165) is 12.1 Å². The van der Waals surface area contributed by atoms with E-state index in [2.05, 4.69) is 10.5 Å². The van der Waals surface area contributed by atoms with Crippen LogP contribution >= 0.6 is 0 Å². The van der Waals surface area contributed by atoms with Gasteiger partial charge in [0.25, 0.3) is 5.91 Å². The number of nitrogens with one attached hydrogen (secondary N) is 1. The second kappa shape index (κ2) is 7.51. The number of halogens is 2. The number of urea groups is 1.